The van der Waals surface area contributed by atoms with Crippen molar-refractivity contribution in [1.29, 1.82) is 0 Å². The van der Waals surface area contributed by atoms with Crippen molar-refractivity contribution in [1.82, 2.24) is 9.55 Å². The lowest BCUT2D eigenvalue weighted by atomic mass is 10.3. The third-order valence-corrected chi connectivity index (χ3v) is 3.09. The number of nitrogens with one attached hydrogen (secondary N) is 1. The van der Waals surface area contributed by atoms with E-state index in [0.717, 1.165) is 10.5 Å². The van der Waals surface area contributed by atoms with E-state index in [9.17, 15) is 0 Å². The van der Waals surface area contributed by atoms with Gasteiger partial charge in [-0.05, 0) is 30.6 Å². The van der Waals surface area contributed by atoms with Gasteiger partial charge in [-0.15, -0.1) is 11.8 Å². The monoisotopic (exact) mass is 222 g/mol. The van der Waals surface area contributed by atoms with Crippen LogP contribution < -0.4 is 0 Å². The van der Waals surface area contributed by atoms with Crippen LogP contribution in [0.25, 0.3) is 5.69 Å². The standard InChI is InChI=1S/C10H10N2S2/c1-14-9-5-3-2-4-8(9)12-7-6-11-10(12)13/h2-7H,1H3,(H,11,13). The molecular formula is C10H10N2S2. The molecule has 4 heteroatoms. The van der Waals surface area contributed by atoms with E-state index in [-0.39, 0.29) is 0 Å². The van der Waals surface area contributed by atoms with Crippen molar-refractivity contribution in [2.24, 2.45) is 0 Å². The van der Waals surface area contributed by atoms with Crippen LogP contribution in [0.1, 0.15) is 0 Å². The molecule has 0 bridgehead atoms. The van der Waals surface area contributed by atoms with Crippen molar-refractivity contribution in [2.45, 2.75) is 4.90 Å². The molecule has 2 nitrogen and oxygen atoms in total. The molecule has 14 heavy (non-hydrogen) atoms. The van der Waals surface area contributed by atoms with Crippen LogP contribution in [0.15, 0.2) is 41.6 Å². The fourth-order valence-electron chi connectivity index (χ4n) is 1.34. The van der Waals surface area contributed by atoms with Gasteiger partial charge in [0.15, 0.2) is 4.77 Å². The zero-order valence-electron chi connectivity index (χ0n) is 7.73. The van der Waals surface area contributed by atoms with Crippen molar-refractivity contribution in [3.63, 3.8) is 0 Å². The number of imidazole rings is 1. The lowest BCUT2D eigenvalue weighted by Gasteiger charge is -2.06. The first-order valence-corrected chi connectivity index (χ1v) is 5.85. The van der Waals surface area contributed by atoms with Crippen molar-refractivity contribution >= 4 is 24.0 Å². The number of hydrogen-bond acceptors (Lipinski definition) is 2. The summed E-state index contributed by atoms with van der Waals surface area (Å²) < 4.78 is 2.70. The van der Waals surface area contributed by atoms with Crippen LogP contribution >= 0.6 is 24.0 Å². The Labute approximate surface area is 92.0 Å². The highest BCUT2D eigenvalue weighted by Gasteiger charge is 2.02. The lowest BCUT2D eigenvalue weighted by Crippen LogP contribution is -1.93. The van der Waals surface area contributed by atoms with E-state index in [0.29, 0.717) is 0 Å². The predicted octanol–water partition coefficient (Wildman–Crippen LogP) is 3.26. The number of H-pyrrole nitrogens is 1. The predicted molar refractivity (Wildman–Crippen MR) is 62.7 cm³/mol. The molecule has 0 unspecified atom stereocenters. The van der Waals surface area contributed by atoms with Gasteiger partial charge in [0.2, 0.25) is 0 Å². The average molecular weight is 222 g/mol. The number of thioether (sulfide) groups is 1. The van der Waals surface area contributed by atoms with Crippen LogP contribution in [-0.4, -0.2) is 15.8 Å². The molecule has 0 fully saturated rings. The molecule has 1 aromatic carbocycles. The number of para-hydroxylation sites is 1. The van der Waals surface area contributed by atoms with Gasteiger partial charge in [0.1, 0.15) is 0 Å². The van der Waals surface area contributed by atoms with Gasteiger partial charge in [-0.1, -0.05) is 12.1 Å². The third-order valence-electron chi connectivity index (χ3n) is 1.99. The Balaban J connectivity index is 2.62. The van der Waals surface area contributed by atoms with Gasteiger partial charge < -0.3 is 4.98 Å². The molecule has 0 atom stereocenters. The zero-order chi connectivity index (χ0) is 9.97. The first-order valence-electron chi connectivity index (χ1n) is 4.22. The topological polar surface area (TPSA) is 20.7 Å². The highest BCUT2D eigenvalue weighted by Crippen LogP contribution is 2.23. The number of aromatic amines is 1. The zero-order valence-corrected chi connectivity index (χ0v) is 9.36. The summed E-state index contributed by atoms with van der Waals surface area (Å²) in [4.78, 5) is 4.21. The Morgan fingerprint density at radius 2 is 2.14 bits per heavy atom. The maximum absolute atomic E-state index is 5.17. The van der Waals surface area contributed by atoms with Crippen LogP contribution in [0, 0.1) is 4.77 Å². The van der Waals surface area contributed by atoms with Crippen LogP contribution in [0.3, 0.4) is 0 Å². The molecule has 0 aliphatic rings. The molecule has 1 heterocycles. The van der Waals surface area contributed by atoms with Crippen molar-refractivity contribution < 1.29 is 0 Å². The van der Waals surface area contributed by atoms with E-state index in [2.05, 4.69) is 23.4 Å². The minimum Gasteiger partial charge on any atom is -0.337 e. The summed E-state index contributed by atoms with van der Waals surface area (Å²) in [5.41, 5.74) is 1.13. The molecule has 1 aromatic heterocycles. The van der Waals surface area contributed by atoms with Crippen molar-refractivity contribution in [3.8, 4) is 5.69 Å². The normalized spacial score (nSPS) is 10.4. The van der Waals surface area contributed by atoms with Gasteiger partial charge in [-0.3, -0.25) is 4.57 Å². The van der Waals surface area contributed by atoms with Crippen LogP contribution in [-0.2, 0) is 0 Å². The Morgan fingerprint density at radius 3 is 2.79 bits per heavy atom. The molecule has 0 saturated carbocycles. The van der Waals surface area contributed by atoms with Gasteiger partial charge >= 0.3 is 0 Å². The fraction of sp³-hybridized carbons (Fsp3) is 0.100. The number of hydrogen-bond donors (Lipinski definition) is 1. The molecule has 2 aromatic rings. The summed E-state index contributed by atoms with van der Waals surface area (Å²) in [6.45, 7) is 0. The van der Waals surface area contributed by atoms with Crippen molar-refractivity contribution in [2.75, 3.05) is 6.26 Å². The smallest absolute Gasteiger partial charge is 0.181 e. The lowest BCUT2D eigenvalue weighted by molar-refractivity contribution is 1.00. The van der Waals surface area contributed by atoms with Gasteiger partial charge in [0.05, 0.1) is 5.69 Å². The van der Waals surface area contributed by atoms with E-state index >= 15 is 0 Å². The molecule has 0 spiro atoms. The molecule has 0 aliphatic carbocycles. The molecule has 0 amide bonds. The Hall–Kier alpha value is -1.00. The maximum atomic E-state index is 5.17. The first-order chi connectivity index (χ1) is 6.83. The molecule has 1 N–H and O–H groups in total. The van der Waals surface area contributed by atoms with Gasteiger partial charge in [0.25, 0.3) is 0 Å². The van der Waals surface area contributed by atoms with Gasteiger partial charge in [0, 0.05) is 17.3 Å². The summed E-state index contributed by atoms with van der Waals surface area (Å²) in [5, 5.41) is 0. The second-order valence-electron chi connectivity index (χ2n) is 2.81. The largest absolute Gasteiger partial charge is 0.337 e. The number of aromatic nitrogens is 2. The van der Waals surface area contributed by atoms with E-state index in [1.54, 1.807) is 11.8 Å². The summed E-state index contributed by atoms with van der Waals surface area (Å²) in [5.74, 6) is 0. The summed E-state index contributed by atoms with van der Waals surface area (Å²) in [6.07, 6.45) is 5.85. The Kier molecular flexibility index (Phi) is 2.74. The summed E-state index contributed by atoms with van der Waals surface area (Å²) >= 11 is 6.89. The summed E-state index contributed by atoms with van der Waals surface area (Å²) in [6, 6.07) is 8.21. The second-order valence-corrected chi connectivity index (χ2v) is 4.04. The Bertz CT molecular complexity index is 485. The minimum absolute atomic E-state index is 0.728. The molecule has 0 radical (unpaired) electrons. The number of rotatable bonds is 2. The SMILES string of the molecule is CSc1ccccc1-n1cc[nH]c1=S. The highest BCUT2D eigenvalue weighted by atomic mass is 32.2. The highest BCUT2D eigenvalue weighted by molar-refractivity contribution is 7.98. The van der Waals surface area contributed by atoms with E-state index in [1.807, 2.05) is 29.1 Å². The molecule has 2 rings (SSSR count). The number of nitrogens with zero attached hydrogens (tertiary/aromatic N) is 1. The van der Waals surface area contributed by atoms with E-state index < -0.39 is 0 Å². The fourth-order valence-corrected chi connectivity index (χ4v) is 2.16. The molecule has 0 aliphatic heterocycles. The molecule has 0 saturated heterocycles. The summed E-state index contributed by atoms with van der Waals surface area (Å²) in [7, 11) is 0. The minimum atomic E-state index is 0.728. The average Bonchev–Trinajstić information content (AvgIpc) is 2.64. The third kappa shape index (κ3) is 1.63. The van der Waals surface area contributed by atoms with Crippen molar-refractivity contribution in [3.05, 3.63) is 41.4 Å². The molecular weight excluding hydrogens is 212 g/mol. The second kappa shape index (κ2) is 4.02. The van der Waals surface area contributed by atoms with Gasteiger partial charge in [-0.25, -0.2) is 0 Å². The quantitative estimate of drug-likeness (QED) is 0.622. The first kappa shape index (κ1) is 9.55. The van der Waals surface area contributed by atoms with E-state index in [4.69, 9.17) is 12.2 Å². The van der Waals surface area contributed by atoms with Gasteiger partial charge in [-0.2, -0.15) is 0 Å². The van der Waals surface area contributed by atoms with Crippen LogP contribution in [0.5, 0.6) is 0 Å². The number of benzene rings is 1. The van der Waals surface area contributed by atoms with Crippen LogP contribution in [0.2, 0.25) is 0 Å². The molecule has 72 valence electrons. The van der Waals surface area contributed by atoms with E-state index in [1.165, 1.54) is 4.90 Å². The Morgan fingerprint density at radius 1 is 1.36 bits per heavy atom. The van der Waals surface area contributed by atoms with Crippen LogP contribution in [0.4, 0.5) is 0 Å². The maximum Gasteiger partial charge on any atom is 0.181 e.